The van der Waals surface area contributed by atoms with Crippen molar-refractivity contribution in [2.75, 3.05) is 0 Å². The molecule has 1 aliphatic carbocycles. The van der Waals surface area contributed by atoms with Crippen LogP contribution in [0, 0.1) is 0 Å². The highest BCUT2D eigenvalue weighted by molar-refractivity contribution is 6.33. The smallest absolute Gasteiger partial charge is 0.116 e. The van der Waals surface area contributed by atoms with E-state index in [1.807, 2.05) is 42.5 Å². The molecule has 0 saturated heterocycles. The van der Waals surface area contributed by atoms with Crippen LogP contribution in [0.2, 0.25) is 5.02 Å². The average molecular weight is 370 g/mol. The number of nitrogens with zero attached hydrogens (tertiary/aromatic N) is 1. The molecule has 0 amide bonds. The molecular weight excluding hydrogens is 354 g/mol. The number of halogens is 1. The van der Waals surface area contributed by atoms with Crippen molar-refractivity contribution in [1.29, 1.82) is 0 Å². The van der Waals surface area contributed by atoms with Gasteiger partial charge in [0.1, 0.15) is 5.75 Å². The normalized spacial score (nSPS) is 11.9. The molecule has 3 heteroatoms. The quantitative estimate of drug-likeness (QED) is 0.393. The Bertz CT molecular complexity index is 1180. The number of fused-ring (bicyclic) bond motifs is 3. The molecule has 2 nitrogen and oxygen atoms in total. The first kappa shape index (κ1) is 16.1. The zero-order chi connectivity index (χ0) is 18.4. The molecule has 1 N–H and O–H groups in total. The Morgan fingerprint density at radius 3 is 2.37 bits per heavy atom. The van der Waals surface area contributed by atoms with Crippen molar-refractivity contribution >= 4 is 11.6 Å². The standard InChI is InChI=1S/C24H16ClNO/c25-22-11-4-3-10-19(22)20-14-23(16-7-5-8-17(27)12-16)26-24-18-9-2-1-6-15(18)13-21(20)24/h1-12,14,27H,13H2. The molecule has 5 rings (SSSR count). The Morgan fingerprint density at radius 2 is 1.56 bits per heavy atom. The van der Waals surface area contributed by atoms with Gasteiger partial charge in [-0.2, -0.15) is 0 Å². The van der Waals surface area contributed by atoms with Gasteiger partial charge in [0.05, 0.1) is 11.4 Å². The third-order valence-corrected chi connectivity index (χ3v) is 5.40. The summed E-state index contributed by atoms with van der Waals surface area (Å²) < 4.78 is 0. The fourth-order valence-corrected chi connectivity index (χ4v) is 4.04. The van der Waals surface area contributed by atoms with E-state index in [1.54, 1.807) is 12.1 Å². The molecule has 0 radical (unpaired) electrons. The number of hydrogen-bond acceptors (Lipinski definition) is 2. The van der Waals surface area contributed by atoms with Gasteiger partial charge in [0.15, 0.2) is 0 Å². The van der Waals surface area contributed by atoms with Gasteiger partial charge in [0.2, 0.25) is 0 Å². The van der Waals surface area contributed by atoms with Crippen LogP contribution >= 0.6 is 11.6 Å². The van der Waals surface area contributed by atoms with Crippen LogP contribution in [0.4, 0.5) is 0 Å². The van der Waals surface area contributed by atoms with E-state index in [0.717, 1.165) is 39.5 Å². The summed E-state index contributed by atoms with van der Waals surface area (Å²) in [4.78, 5) is 4.97. The SMILES string of the molecule is Oc1cccc(-c2cc(-c3ccccc3Cl)c3c(n2)-c2ccccc2C3)c1. The van der Waals surface area contributed by atoms with Gasteiger partial charge < -0.3 is 5.11 Å². The second-order valence-electron chi connectivity index (χ2n) is 6.75. The lowest BCUT2D eigenvalue weighted by Crippen LogP contribution is -1.95. The topological polar surface area (TPSA) is 33.1 Å². The van der Waals surface area contributed by atoms with E-state index in [1.165, 1.54) is 16.7 Å². The Morgan fingerprint density at radius 1 is 0.778 bits per heavy atom. The van der Waals surface area contributed by atoms with E-state index in [2.05, 4.69) is 24.3 Å². The third kappa shape index (κ3) is 2.70. The summed E-state index contributed by atoms with van der Waals surface area (Å²) in [6.45, 7) is 0. The Labute approximate surface area is 162 Å². The summed E-state index contributed by atoms with van der Waals surface area (Å²) in [6.07, 6.45) is 0.847. The highest BCUT2D eigenvalue weighted by Gasteiger charge is 2.25. The second kappa shape index (κ2) is 6.26. The molecule has 3 aromatic carbocycles. The largest absolute Gasteiger partial charge is 0.508 e. The summed E-state index contributed by atoms with van der Waals surface area (Å²) in [5.74, 6) is 0.231. The number of hydrogen-bond donors (Lipinski definition) is 1. The van der Waals surface area contributed by atoms with Crippen molar-refractivity contribution in [3.8, 4) is 39.4 Å². The van der Waals surface area contributed by atoms with Crippen LogP contribution < -0.4 is 0 Å². The number of pyridine rings is 1. The lowest BCUT2D eigenvalue weighted by Gasteiger charge is -2.13. The molecule has 0 spiro atoms. The molecule has 130 valence electrons. The number of phenols is 1. The average Bonchev–Trinajstić information content (AvgIpc) is 3.06. The van der Waals surface area contributed by atoms with Crippen LogP contribution in [0.5, 0.6) is 5.75 Å². The monoisotopic (exact) mass is 369 g/mol. The molecule has 0 saturated carbocycles. The van der Waals surface area contributed by atoms with Gasteiger partial charge in [-0.25, -0.2) is 4.98 Å². The van der Waals surface area contributed by atoms with Crippen molar-refractivity contribution in [2.24, 2.45) is 0 Å². The minimum absolute atomic E-state index is 0.231. The molecule has 1 aliphatic rings. The fourth-order valence-electron chi connectivity index (χ4n) is 3.80. The van der Waals surface area contributed by atoms with Crippen LogP contribution in [0.25, 0.3) is 33.6 Å². The van der Waals surface area contributed by atoms with Gasteiger partial charge in [-0.1, -0.05) is 66.2 Å². The van der Waals surface area contributed by atoms with Gasteiger partial charge in [-0.3, -0.25) is 0 Å². The van der Waals surface area contributed by atoms with Crippen LogP contribution in [0.1, 0.15) is 11.1 Å². The summed E-state index contributed by atoms with van der Waals surface area (Å²) >= 11 is 6.53. The maximum absolute atomic E-state index is 9.91. The highest BCUT2D eigenvalue weighted by Crippen LogP contribution is 2.43. The highest BCUT2D eigenvalue weighted by atomic mass is 35.5. The first-order valence-electron chi connectivity index (χ1n) is 8.87. The van der Waals surface area contributed by atoms with E-state index >= 15 is 0 Å². The predicted molar refractivity (Wildman–Crippen MR) is 110 cm³/mol. The summed E-state index contributed by atoms with van der Waals surface area (Å²) in [6, 6.07) is 25.6. The third-order valence-electron chi connectivity index (χ3n) is 5.07. The van der Waals surface area contributed by atoms with E-state index in [-0.39, 0.29) is 5.75 Å². The molecule has 0 aliphatic heterocycles. The van der Waals surface area contributed by atoms with Gasteiger partial charge in [0, 0.05) is 28.1 Å². The van der Waals surface area contributed by atoms with Crippen molar-refractivity contribution in [3.63, 3.8) is 0 Å². The van der Waals surface area contributed by atoms with Gasteiger partial charge in [0.25, 0.3) is 0 Å². The zero-order valence-electron chi connectivity index (χ0n) is 14.5. The number of phenolic OH excluding ortho intramolecular Hbond substituents is 1. The first-order chi connectivity index (χ1) is 13.2. The molecule has 27 heavy (non-hydrogen) atoms. The van der Waals surface area contributed by atoms with E-state index in [0.29, 0.717) is 0 Å². The van der Waals surface area contributed by atoms with Crippen LogP contribution in [0.15, 0.2) is 78.9 Å². The summed E-state index contributed by atoms with van der Waals surface area (Å²) in [7, 11) is 0. The number of aromatic hydroxyl groups is 1. The maximum atomic E-state index is 9.91. The molecule has 0 bridgehead atoms. The predicted octanol–water partition coefficient (Wildman–Crippen LogP) is 6.35. The molecule has 1 aromatic heterocycles. The Hall–Kier alpha value is -3.10. The van der Waals surface area contributed by atoms with E-state index in [9.17, 15) is 5.11 Å². The number of aromatic nitrogens is 1. The van der Waals surface area contributed by atoms with Crippen molar-refractivity contribution in [1.82, 2.24) is 4.98 Å². The van der Waals surface area contributed by atoms with Gasteiger partial charge in [-0.05, 0) is 41.0 Å². The minimum atomic E-state index is 0.231. The molecule has 4 aromatic rings. The van der Waals surface area contributed by atoms with E-state index < -0.39 is 0 Å². The lowest BCUT2D eigenvalue weighted by atomic mass is 9.96. The minimum Gasteiger partial charge on any atom is -0.508 e. The summed E-state index contributed by atoms with van der Waals surface area (Å²) in [5, 5.41) is 10.6. The molecule has 0 fully saturated rings. The van der Waals surface area contributed by atoms with Crippen molar-refractivity contribution in [2.45, 2.75) is 6.42 Å². The molecule has 0 unspecified atom stereocenters. The van der Waals surface area contributed by atoms with Gasteiger partial charge >= 0.3 is 0 Å². The van der Waals surface area contributed by atoms with Crippen molar-refractivity contribution < 1.29 is 5.11 Å². The first-order valence-corrected chi connectivity index (χ1v) is 9.25. The second-order valence-corrected chi connectivity index (χ2v) is 7.15. The van der Waals surface area contributed by atoms with Gasteiger partial charge in [-0.15, -0.1) is 0 Å². The number of benzene rings is 3. The Balaban J connectivity index is 1.81. The summed E-state index contributed by atoms with van der Waals surface area (Å²) in [5.41, 5.74) is 8.47. The molecule has 1 heterocycles. The van der Waals surface area contributed by atoms with Crippen LogP contribution in [-0.4, -0.2) is 10.1 Å². The zero-order valence-corrected chi connectivity index (χ0v) is 15.2. The van der Waals surface area contributed by atoms with Crippen LogP contribution in [-0.2, 0) is 6.42 Å². The Kier molecular flexibility index (Phi) is 3.73. The van der Waals surface area contributed by atoms with Crippen molar-refractivity contribution in [3.05, 3.63) is 95.0 Å². The fraction of sp³-hybridized carbons (Fsp3) is 0.0417. The molecule has 0 atom stereocenters. The lowest BCUT2D eigenvalue weighted by molar-refractivity contribution is 0.475. The maximum Gasteiger partial charge on any atom is 0.116 e. The molecular formula is C24H16ClNO. The van der Waals surface area contributed by atoms with Crippen LogP contribution in [0.3, 0.4) is 0 Å². The number of rotatable bonds is 2. The van der Waals surface area contributed by atoms with E-state index in [4.69, 9.17) is 16.6 Å².